The van der Waals surface area contributed by atoms with Gasteiger partial charge >= 0.3 is 0 Å². The number of hydrogen-bond donors (Lipinski definition) is 2. The van der Waals surface area contributed by atoms with Gasteiger partial charge < -0.3 is 29.6 Å². The largest absolute Gasteiger partial charge is 0.493 e. The minimum absolute atomic E-state index is 0.533. The van der Waals surface area contributed by atoms with Crippen LogP contribution in [-0.4, -0.2) is 46.2 Å². The van der Waals surface area contributed by atoms with Gasteiger partial charge in [0.05, 0.1) is 21.3 Å². The van der Waals surface area contributed by atoms with Gasteiger partial charge in [0.15, 0.2) is 16.6 Å². The number of ether oxygens (including phenoxy) is 4. The zero-order chi connectivity index (χ0) is 16.4. The Hall–Kier alpha value is -1.73. The summed E-state index contributed by atoms with van der Waals surface area (Å²) in [6, 6.07) is 3.60. The van der Waals surface area contributed by atoms with Crippen LogP contribution in [0.15, 0.2) is 12.1 Å². The Morgan fingerprint density at radius 1 is 1.09 bits per heavy atom. The molecule has 0 aromatic heterocycles. The fourth-order valence-electron chi connectivity index (χ4n) is 1.85. The van der Waals surface area contributed by atoms with E-state index in [1.54, 1.807) is 33.5 Å². The van der Waals surface area contributed by atoms with Crippen LogP contribution in [0, 0.1) is 0 Å². The van der Waals surface area contributed by atoms with E-state index in [-0.39, 0.29) is 0 Å². The number of hydrogen-bond acceptors (Lipinski definition) is 5. The van der Waals surface area contributed by atoms with E-state index in [0.717, 1.165) is 31.9 Å². The molecule has 0 unspecified atom stereocenters. The highest BCUT2D eigenvalue weighted by molar-refractivity contribution is 7.80. The smallest absolute Gasteiger partial charge is 0.203 e. The van der Waals surface area contributed by atoms with Crippen LogP contribution < -0.4 is 24.8 Å². The van der Waals surface area contributed by atoms with E-state index < -0.39 is 0 Å². The summed E-state index contributed by atoms with van der Waals surface area (Å²) in [4.78, 5) is 0. The Morgan fingerprint density at radius 2 is 1.73 bits per heavy atom. The maximum Gasteiger partial charge on any atom is 0.203 e. The van der Waals surface area contributed by atoms with Gasteiger partial charge in [-0.05, 0) is 25.6 Å². The Morgan fingerprint density at radius 3 is 2.23 bits per heavy atom. The Kier molecular flexibility index (Phi) is 8.39. The zero-order valence-corrected chi connectivity index (χ0v) is 14.3. The fourth-order valence-corrected chi connectivity index (χ4v) is 2.07. The predicted molar refractivity (Wildman–Crippen MR) is 91.4 cm³/mol. The average Bonchev–Trinajstić information content (AvgIpc) is 2.53. The molecule has 0 saturated heterocycles. The van der Waals surface area contributed by atoms with Crippen molar-refractivity contribution in [2.75, 3.05) is 46.4 Å². The molecule has 0 radical (unpaired) electrons. The summed E-state index contributed by atoms with van der Waals surface area (Å²) >= 11 is 5.26. The van der Waals surface area contributed by atoms with Crippen molar-refractivity contribution in [2.24, 2.45) is 0 Å². The number of anilines is 1. The van der Waals surface area contributed by atoms with E-state index in [0.29, 0.717) is 22.4 Å². The van der Waals surface area contributed by atoms with Crippen molar-refractivity contribution in [3.8, 4) is 17.2 Å². The summed E-state index contributed by atoms with van der Waals surface area (Å²) in [6.07, 6.45) is 0.894. The molecule has 2 N–H and O–H groups in total. The monoisotopic (exact) mass is 328 g/mol. The maximum atomic E-state index is 5.30. The van der Waals surface area contributed by atoms with E-state index >= 15 is 0 Å². The van der Waals surface area contributed by atoms with Crippen molar-refractivity contribution in [3.05, 3.63) is 12.1 Å². The lowest BCUT2D eigenvalue weighted by Crippen LogP contribution is -2.29. The number of nitrogens with one attached hydrogen (secondary N) is 2. The van der Waals surface area contributed by atoms with Crippen molar-refractivity contribution in [1.82, 2.24) is 5.32 Å². The molecule has 0 aliphatic carbocycles. The third kappa shape index (κ3) is 5.57. The van der Waals surface area contributed by atoms with Crippen LogP contribution in [0.25, 0.3) is 0 Å². The molecule has 1 aromatic rings. The Labute approximate surface area is 137 Å². The van der Waals surface area contributed by atoms with Gasteiger partial charge in [0.2, 0.25) is 5.75 Å². The third-order valence-corrected chi connectivity index (χ3v) is 3.12. The standard InChI is InChI=1S/C15H24N2O4S/c1-5-21-8-6-7-16-15(22)17-11-9-12(18-2)14(20-4)13(10-11)19-3/h9-10H,5-8H2,1-4H3,(H2,16,17,22). The molecule has 0 spiro atoms. The number of rotatable bonds is 9. The summed E-state index contributed by atoms with van der Waals surface area (Å²) in [6.45, 7) is 4.17. The Balaban J connectivity index is 2.63. The average molecular weight is 328 g/mol. The van der Waals surface area contributed by atoms with Crippen LogP contribution in [0.4, 0.5) is 5.69 Å². The highest BCUT2D eigenvalue weighted by Crippen LogP contribution is 2.39. The molecular weight excluding hydrogens is 304 g/mol. The predicted octanol–water partition coefficient (Wildman–Crippen LogP) is 2.43. The normalized spacial score (nSPS) is 10.0. The van der Waals surface area contributed by atoms with Gasteiger partial charge in [-0.3, -0.25) is 0 Å². The van der Waals surface area contributed by atoms with Crippen molar-refractivity contribution in [3.63, 3.8) is 0 Å². The molecule has 124 valence electrons. The molecule has 0 atom stereocenters. The molecule has 0 bridgehead atoms. The molecule has 0 aliphatic heterocycles. The van der Waals surface area contributed by atoms with Gasteiger partial charge in [-0.15, -0.1) is 0 Å². The fraction of sp³-hybridized carbons (Fsp3) is 0.533. The summed E-state index contributed by atoms with van der Waals surface area (Å²) < 4.78 is 21.2. The maximum absolute atomic E-state index is 5.30. The van der Waals surface area contributed by atoms with Gasteiger partial charge in [0.25, 0.3) is 0 Å². The van der Waals surface area contributed by atoms with Crippen molar-refractivity contribution in [1.29, 1.82) is 0 Å². The lowest BCUT2D eigenvalue weighted by atomic mass is 10.2. The van der Waals surface area contributed by atoms with Gasteiger partial charge in [-0.1, -0.05) is 0 Å². The first-order chi connectivity index (χ1) is 10.7. The third-order valence-electron chi connectivity index (χ3n) is 2.88. The van der Waals surface area contributed by atoms with Crippen LogP contribution in [-0.2, 0) is 4.74 Å². The quantitative estimate of drug-likeness (QED) is 0.533. The molecule has 1 rings (SSSR count). The minimum Gasteiger partial charge on any atom is -0.493 e. The van der Waals surface area contributed by atoms with Crippen LogP contribution in [0.5, 0.6) is 17.2 Å². The topological polar surface area (TPSA) is 61.0 Å². The number of benzene rings is 1. The highest BCUT2D eigenvalue weighted by atomic mass is 32.1. The van der Waals surface area contributed by atoms with Gasteiger partial charge in [-0.2, -0.15) is 0 Å². The lowest BCUT2D eigenvalue weighted by Gasteiger charge is -2.16. The molecular formula is C15H24N2O4S. The number of methoxy groups -OCH3 is 3. The molecule has 0 amide bonds. The SMILES string of the molecule is CCOCCCNC(=S)Nc1cc(OC)c(OC)c(OC)c1. The second-order valence-corrected chi connectivity index (χ2v) is 4.75. The first-order valence-corrected chi connectivity index (χ1v) is 7.49. The summed E-state index contributed by atoms with van der Waals surface area (Å²) in [5, 5.41) is 6.75. The first-order valence-electron chi connectivity index (χ1n) is 7.08. The molecule has 0 fully saturated rings. The van der Waals surface area contributed by atoms with E-state index in [2.05, 4.69) is 10.6 Å². The second kappa shape index (κ2) is 10.1. The van der Waals surface area contributed by atoms with Crippen LogP contribution >= 0.6 is 12.2 Å². The van der Waals surface area contributed by atoms with Crippen LogP contribution in [0.2, 0.25) is 0 Å². The summed E-state index contributed by atoms with van der Waals surface area (Å²) in [7, 11) is 4.72. The minimum atomic E-state index is 0.533. The summed E-state index contributed by atoms with van der Waals surface area (Å²) in [5.74, 6) is 1.69. The molecule has 22 heavy (non-hydrogen) atoms. The van der Waals surface area contributed by atoms with E-state index in [4.69, 9.17) is 31.2 Å². The highest BCUT2D eigenvalue weighted by Gasteiger charge is 2.13. The Bertz CT molecular complexity index is 458. The number of thiocarbonyl (C=S) groups is 1. The van der Waals surface area contributed by atoms with Crippen LogP contribution in [0.1, 0.15) is 13.3 Å². The van der Waals surface area contributed by atoms with Crippen molar-refractivity contribution < 1.29 is 18.9 Å². The van der Waals surface area contributed by atoms with E-state index in [9.17, 15) is 0 Å². The molecule has 0 heterocycles. The van der Waals surface area contributed by atoms with Crippen molar-refractivity contribution in [2.45, 2.75) is 13.3 Å². The lowest BCUT2D eigenvalue weighted by molar-refractivity contribution is 0.146. The van der Waals surface area contributed by atoms with Crippen molar-refractivity contribution >= 4 is 23.0 Å². The van der Waals surface area contributed by atoms with Crippen LogP contribution in [0.3, 0.4) is 0 Å². The second-order valence-electron chi connectivity index (χ2n) is 4.35. The molecule has 0 saturated carbocycles. The van der Waals surface area contributed by atoms with Gasteiger partial charge in [0, 0.05) is 37.6 Å². The molecule has 7 heteroatoms. The van der Waals surface area contributed by atoms with Gasteiger partial charge in [-0.25, -0.2) is 0 Å². The molecule has 0 aliphatic rings. The van der Waals surface area contributed by atoms with Gasteiger partial charge in [0.1, 0.15) is 0 Å². The summed E-state index contributed by atoms with van der Waals surface area (Å²) in [5.41, 5.74) is 0.761. The van der Waals surface area contributed by atoms with E-state index in [1.165, 1.54) is 0 Å². The zero-order valence-electron chi connectivity index (χ0n) is 13.5. The first kappa shape index (κ1) is 18.3. The van der Waals surface area contributed by atoms with E-state index in [1.807, 2.05) is 6.92 Å². The molecule has 6 nitrogen and oxygen atoms in total. The molecule has 1 aromatic carbocycles.